The Labute approximate surface area is 151 Å². The molecule has 0 saturated heterocycles. The van der Waals surface area contributed by atoms with Crippen molar-refractivity contribution in [3.63, 3.8) is 0 Å². The minimum atomic E-state index is -0.609. The fourth-order valence-corrected chi connectivity index (χ4v) is 2.41. The molecule has 1 amide bonds. The molecule has 0 aliphatic heterocycles. The van der Waals surface area contributed by atoms with Gasteiger partial charge in [-0.15, -0.1) is 0 Å². The van der Waals surface area contributed by atoms with Gasteiger partial charge in [0.05, 0.1) is 10.5 Å². The minimum absolute atomic E-state index is 0.161. The SMILES string of the molecule is CC[C@@H](C)c1ccc(NC(=O)/C(C#N)=C/c2ccccc2[N+](=O)[O-])cc1. The summed E-state index contributed by atoms with van der Waals surface area (Å²) in [7, 11) is 0. The molecule has 132 valence electrons. The molecule has 2 aromatic rings. The maximum Gasteiger partial charge on any atom is 0.276 e. The van der Waals surface area contributed by atoms with Crippen molar-refractivity contribution >= 4 is 23.4 Å². The van der Waals surface area contributed by atoms with Crippen LogP contribution >= 0.6 is 0 Å². The van der Waals surface area contributed by atoms with Crippen LogP contribution in [0.1, 0.15) is 37.3 Å². The lowest BCUT2D eigenvalue weighted by Gasteiger charge is -2.10. The van der Waals surface area contributed by atoms with Crippen LogP contribution in [-0.4, -0.2) is 10.8 Å². The molecule has 0 aromatic heterocycles. The fourth-order valence-electron chi connectivity index (χ4n) is 2.41. The Balaban J connectivity index is 2.22. The molecule has 0 aliphatic carbocycles. The third-order valence-electron chi connectivity index (χ3n) is 4.15. The van der Waals surface area contributed by atoms with Crippen LogP contribution in [-0.2, 0) is 4.79 Å². The van der Waals surface area contributed by atoms with Gasteiger partial charge in [-0.3, -0.25) is 14.9 Å². The lowest BCUT2D eigenvalue weighted by atomic mass is 9.98. The standard InChI is InChI=1S/C20H19N3O3/c1-3-14(2)15-8-10-18(11-9-15)22-20(24)17(13-21)12-16-6-4-5-7-19(16)23(25)26/h4-12,14H,3H2,1-2H3,(H,22,24)/b17-12+/t14-/m1/s1. The zero-order chi connectivity index (χ0) is 19.1. The molecule has 1 atom stereocenters. The second-order valence-corrected chi connectivity index (χ2v) is 5.87. The van der Waals surface area contributed by atoms with E-state index < -0.39 is 10.8 Å². The van der Waals surface area contributed by atoms with Gasteiger partial charge in [0.1, 0.15) is 11.6 Å². The number of benzene rings is 2. The molecular weight excluding hydrogens is 330 g/mol. The van der Waals surface area contributed by atoms with Crippen LogP contribution in [0, 0.1) is 21.4 Å². The van der Waals surface area contributed by atoms with Gasteiger partial charge in [-0.05, 0) is 42.2 Å². The molecule has 6 nitrogen and oxygen atoms in total. The number of rotatable bonds is 6. The molecule has 0 aliphatic rings. The second-order valence-electron chi connectivity index (χ2n) is 5.87. The molecule has 0 radical (unpaired) electrons. The highest BCUT2D eigenvalue weighted by atomic mass is 16.6. The molecule has 26 heavy (non-hydrogen) atoms. The van der Waals surface area contributed by atoms with Crippen molar-refractivity contribution in [1.82, 2.24) is 0 Å². The van der Waals surface area contributed by atoms with Gasteiger partial charge >= 0.3 is 0 Å². The Morgan fingerprint density at radius 3 is 2.50 bits per heavy atom. The topological polar surface area (TPSA) is 96.0 Å². The largest absolute Gasteiger partial charge is 0.321 e. The molecule has 0 unspecified atom stereocenters. The number of para-hydroxylation sites is 1. The Bertz CT molecular complexity index is 880. The normalized spacial score (nSPS) is 12.1. The first-order chi connectivity index (χ1) is 12.5. The quantitative estimate of drug-likeness (QED) is 0.355. The third kappa shape index (κ3) is 4.54. The first-order valence-corrected chi connectivity index (χ1v) is 8.22. The van der Waals surface area contributed by atoms with Crippen molar-refractivity contribution in [2.75, 3.05) is 5.32 Å². The summed E-state index contributed by atoms with van der Waals surface area (Å²) in [6, 6.07) is 15.2. The van der Waals surface area contributed by atoms with Crippen molar-refractivity contribution in [2.45, 2.75) is 26.2 Å². The number of hydrogen-bond donors (Lipinski definition) is 1. The molecule has 6 heteroatoms. The maximum atomic E-state index is 12.3. The first-order valence-electron chi connectivity index (χ1n) is 8.22. The lowest BCUT2D eigenvalue weighted by molar-refractivity contribution is -0.385. The Hall–Kier alpha value is -3.46. The van der Waals surface area contributed by atoms with Crippen molar-refractivity contribution < 1.29 is 9.72 Å². The molecule has 2 rings (SSSR count). The van der Waals surface area contributed by atoms with Gasteiger partial charge in [0.2, 0.25) is 0 Å². The number of carbonyl (C=O) groups excluding carboxylic acids is 1. The average molecular weight is 349 g/mol. The highest BCUT2D eigenvalue weighted by Crippen LogP contribution is 2.22. The number of nitriles is 1. The second kappa shape index (κ2) is 8.58. The summed E-state index contributed by atoms with van der Waals surface area (Å²) in [4.78, 5) is 22.8. The fraction of sp³-hybridized carbons (Fsp3) is 0.200. The highest BCUT2D eigenvalue weighted by molar-refractivity contribution is 6.09. The number of amides is 1. The molecular formula is C20H19N3O3. The van der Waals surface area contributed by atoms with Gasteiger partial charge in [0, 0.05) is 11.8 Å². The number of nitrogens with one attached hydrogen (secondary N) is 1. The summed E-state index contributed by atoms with van der Waals surface area (Å²) in [5.74, 6) is -0.185. The van der Waals surface area contributed by atoms with E-state index in [0.29, 0.717) is 11.6 Å². The molecule has 0 bridgehead atoms. The van der Waals surface area contributed by atoms with E-state index in [9.17, 15) is 20.2 Å². The predicted octanol–water partition coefficient (Wildman–Crippen LogP) is 4.65. The minimum Gasteiger partial charge on any atom is -0.321 e. The van der Waals surface area contributed by atoms with E-state index in [0.717, 1.165) is 6.42 Å². The third-order valence-corrected chi connectivity index (χ3v) is 4.15. The summed E-state index contributed by atoms with van der Waals surface area (Å²) in [5.41, 5.74) is 1.57. The number of hydrogen-bond acceptors (Lipinski definition) is 4. The molecule has 1 N–H and O–H groups in total. The number of nitrogens with zero attached hydrogens (tertiary/aromatic N) is 2. The van der Waals surface area contributed by atoms with Crippen LogP contribution in [0.15, 0.2) is 54.1 Å². The Morgan fingerprint density at radius 2 is 1.92 bits per heavy atom. The zero-order valence-electron chi connectivity index (χ0n) is 14.6. The van der Waals surface area contributed by atoms with Gasteiger partial charge in [0.25, 0.3) is 11.6 Å². The van der Waals surface area contributed by atoms with Crippen LogP contribution in [0.3, 0.4) is 0 Å². The summed E-state index contributed by atoms with van der Waals surface area (Å²) in [5, 5.41) is 23.0. The summed E-state index contributed by atoms with van der Waals surface area (Å²) in [6.07, 6.45) is 2.24. The van der Waals surface area contributed by atoms with Crippen LogP contribution in [0.4, 0.5) is 11.4 Å². The zero-order valence-corrected chi connectivity index (χ0v) is 14.6. The number of nitro benzene ring substituents is 1. The van der Waals surface area contributed by atoms with Gasteiger partial charge < -0.3 is 5.32 Å². The predicted molar refractivity (Wildman–Crippen MR) is 100 cm³/mol. The smallest absolute Gasteiger partial charge is 0.276 e. The number of anilines is 1. The van der Waals surface area contributed by atoms with Crippen molar-refractivity contribution in [3.8, 4) is 6.07 Å². The molecule has 0 heterocycles. The van der Waals surface area contributed by atoms with Crippen LogP contribution in [0.5, 0.6) is 0 Å². The maximum absolute atomic E-state index is 12.3. The van der Waals surface area contributed by atoms with Gasteiger partial charge in [0.15, 0.2) is 0 Å². The van der Waals surface area contributed by atoms with Crippen molar-refractivity contribution in [1.29, 1.82) is 5.26 Å². The van der Waals surface area contributed by atoms with Gasteiger partial charge in [-0.1, -0.05) is 38.1 Å². The van der Waals surface area contributed by atoms with Crippen LogP contribution < -0.4 is 5.32 Å². The lowest BCUT2D eigenvalue weighted by Crippen LogP contribution is -2.13. The van der Waals surface area contributed by atoms with E-state index in [1.54, 1.807) is 24.3 Å². The van der Waals surface area contributed by atoms with E-state index in [2.05, 4.69) is 19.2 Å². The molecule has 0 fully saturated rings. The molecule has 0 saturated carbocycles. The Kier molecular flexibility index (Phi) is 6.23. The Morgan fingerprint density at radius 1 is 1.27 bits per heavy atom. The van der Waals surface area contributed by atoms with Gasteiger partial charge in [-0.2, -0.15) is 5.26 Å². The molecule has 0 spiro atoms. The van der Waals surface area contributed by atoms with Crippen molar-refractivity contribution in [2.24, 2.45) is 0 Å². The monoisotopic (exact) mass is 349 g/mol. The van der Waals surface area contributed by atoms with Crippen molar-refractivity contribution in [3.05, 3.63) is 75.3 Å². The first kappa shape index (κ1) is 18.9. The van der Waals surface area contributed by atoms with E-state index >= 15 is 0 Å². The van der Waals surface area contributed by atoms with Crippen LogP contribution in [0.25, 0.3) is 6.08 Å². The van der Waals surface area contributed by atoms with Crippen LogP contribution in [0.2, 0.25) is 0 Å². The van der Waals surface area contributed by atoms with E-state index in [-0.39, 0.29) is 16.8 Å². The van der Waals surface area contributed by atoms with E-state index in [1.165, 1.54) is 29.8 Å². The van der Waals surface area contributed by atoms with E-state index in [1.807, 2.05) is 12.1 Å². The number of carbonyl (C=O) groups is 1. The summed E-state index contributed by atoms with van der Waals surface area (Å²) < 4.78 is 0. The highest BCUT2D eigenvalue weighted by Gasteiger charge is 2.15. The number of nitro groups is 1. The van der Waals surface area contributed by atoms with E-state index in [4.69, 9.17) is 0 Å². The molecule has 2 aromatic carbocycles. The summed E-state index contributed by atoms with van der Waals surface area (Å²) in [6.45, 7) is 4.23. The van der Waals surface area contributed by atoms with Gasteiger partial charge in [-0.25, -0.2) is 0 Å². The summed E-state index contributed by atoms with van der Waals surface area (Å²) >= 11 is 0. The average Bonchev–Trinajstić information content (AvgIpc) is 2.66.